The van der Waals surface area contributed by atoms with Crippen molar-refractivity contribution < 1.29 is 0 Å². The number of rotatable bonds is 3. The number of nitrogen functional groups attached to an aromatic ring is 1. The molecule has 0 aliphatic carbocycles. The van der Waals surface area contributed by atoms with Crippen LogP contribution in [0.3, 0.4) is 0 Å². The van der Waals surface area contributed by atoms with Gasteiger partial charge in [0.25, 0.3) is 0 Å². The van der Waals surface area contributed by atoms with Crippen molar-refractivity contribution in [2.45, 2.75) is 20.3 Å². The van der Waals surface area contributed by atoms with Gasteiger partial charge in [-0.2, -0.15) is 0 Å². The summed E-state index contributed by atoms with van der Waals surface area (Å²) < 4.78 is 0. The molecule has 2 aromatic heterocycles. The minimum atomic E-state index is 0.662. The lowest BCUT2D eigenvalue weighted by molar-refractivity contribution is 0.994. The van der Waals surface area contributed by atoms with Crippen LogP contribution in [0.25, 0.3) is 11.4 Å². The summed E-state index contributed by atoms with van der Waals surface area (Å²) >= 11 is 0. The molecule has 88 valence electrons. The van der Waals surface area contributed by atoms with Crippen LogP contribution in [0.4, 0.5) is 5.82 Å². The zero-order valence-corrected chi connectivity index (χ0v) is 9.94. The van der Waals surface area contributed by atoms with Crippen molar-refractivity contribution in [1.82, 2.24) is 15.0 Å². The molecule has 0 aliphatic rings. The van der Waals surface area contributed by atoms with Crippen molar-refractivity contribution in [2.24, 2.45) is 5.84 Å². The van der Waals surface area contributed by atoms with Crippen molar-refractivity contribution in [3.8, 4) is 11.4 Å². The average Bonchev–Trinajstić information content (AvgIpc) is 2.38. The average molecular weight is 229 g/mol. The van der Waals surface area contributed by atoms with Gasteiger partial charge in [0.1, 0.15) is 5.82 Å². The summed E-state index contributed by atoms with van der Waals surface area (Å²) in [6.45, 7) is 4.02. The Balaban J connectivity index is 2.54. The van der Waals surface area contributed by atoms with E-state index < -0.39 is 0 Å². The van der Waals surface area contributed by atoms with Gasteiger partial charge in [-0.1, -0.05) is 6.92 Å². The third-order valence-corrected chi connectivity index (χ3v) is 2.64. The molecule has 0 saturated carbocycles. The predicted molar refractivity (Wildman–Crippen MR) is 67.2 cm³/mol. The van der Waals surface area contributed by atoms with E-state index in [1.165, 1.54) is 0 Å². The fourth-order valence-electron chi connectivity index (χ4n) is 1.77. The van der Waals surface area contributed by atoms with Gasteiger partial charge < -0.3 is 5.43 Å². The van der Waals surface area contributed by atoms with Crippen LogP contribution >= 0.6 is 0 Å². The van der Waals surface area contributed by atoms with Crippen LogP contribution in [-0.2, 0) is 6.42 Å². The molecule has 0 saturated heterocycles. The molecule has 3 N–H and O–H groups in total. The molecule has 2 rings (SSSR count). The number of anilines is 1. The Morgan fingerprint density at radius 1 is 1.24 bits per heavy atom. The van der Waals surface area contributed by atoms with Crippen LogP contribution in [0.15, 0.2) is 24.5 Å². The number of hydrazine groups is 1. The van der Waals surface area contributed by atoms with Crippen LogP contribution in [0.2, 0.25) is 0 Å². The van der Waals surface area contributed by atoms with Gasteiger partial charge in [0, 0.05) is 29.2 Å². The van der Waals surface area contributed by atoms with Crippen molar-refractivity contribution in [2.75, 3.05) is 5.43 Å². The van der Waals surface area contributed by atoms with Gasteiger partial charge in [0.15, 0.2) is 5.82 Å². The number of pyridine rings is 1. The number of aromatic nitrogens is 3. The molecule has 0 fully saturated rings. The lowest BCUT2D eigenvalue weighted by Gasteiger charge is -2.11. The third kappa shape index (κ3) is 2.24. The standard InChI is InChI=1S/C12H15N5/c1-3-10-8(2)15-11(16-12(10)17-13)9-4-6-14-7-5-9/h4-7H,3,13H2,1-2H3,(H,15,16,17). The fourth-order valence-corrected chi connectivity index (χ4v) is 1.77. The first-order valence-corrected chi connectivity index (χ1v) is 5.50. The second-order valence-corrected chi connectivity index (χ2v) is 3.69. The smallest absolute Gasteiger partial charge is 0.161 e. The summed E-state index contributed by atoms with van der Waals surface area (Å²) in [5.41, 5.74) is 5.56. The number of hydrogen-bond donors (Lipinski definition) is 2. The van der Waals surface area contributed by atoms with Crippen LogP contribution in [0.1, 0.15) is 18.2 Å². The van der Waals surface area contributed by atoms with Crippen molar-refractivity contribution in [3.63, 3.8) is 0 Å². The fraction of sp³-hybridized carbons (Fsp3) is 0.250. The van der Waals surface area contributed by atoms with Gasteiger partial charge in [0.05, 0.1) is 0 Å². The molecule has 2 aromatic rings. The summed E-state index contributed by atoms with van der Waals surface area (Å²) in [5.74, 6) is 6.84. The first-order chi connectivity index (χ1) is 8.26. The maximum Gasteiger partial charge on any atom is 0.161 e. The Hall–Kier alpha value is -2.01. The molecule has 5 heteroatoms. The summed E-state index contributed by atoms with van der Waals surface area (Å²) in [7, 11) is 0. The van der Waals surface area contributed by atoms with E-state index in [0.717, 1.165) is 23.2 Å². The summed E-state index contributed by atoms with van der Waals surface area (Å²) in [6.07, 6.45) is 4.29. The van der Waals surface area contributed by atoms with Crippen molar-refractivity contribution >= 4 is 5.82 Å². The zero-order chi connectivity index (χ0) is 12.3. The van der Waals surface area contributed by atoms with E-state index in [2.05, 4.69) is 27.3 Å². The van der Waals surface area contributed by atoms with E-state index >= 15 is 0 Å². The van der Waals surface area contributed by atoms with Gasteiger partial charge in [0.2, 0.25) is 0 Å². The molecule has 0 aromatic carbocycles. The van der Waals surface area contributed by atoms with Crippen LogP contribution in [0.5, 0.6) is 0 Å². The highest BCUT2D eigenvalue weighted by Crippen LogP contribution is 2.21. The number of nitrogens with zero attached hydrogens (tertiary/aromatic N) is 3. The van der Waals surface area contributed by atoms with Crippen LogP contribution in [-0.4, -0.2) is 15.0 Å². The molecule has 0 unspecified atom stereocenters. The van der Waals surface area contributed by atoms with Crippen molar-refractivity contribution in [3.05, 3.63) is 35.8 Å². The predicted octanol–water partition coefficient (Wildman–Crippen LogP) is 1.70. The Morgan fingerprint density at radius 2 is 1.94 bits per heavy atom. The molecule has 0 amide bonds. The van der Waals surface area contributed by atoms with Gasteiger partial charge >= 0.3 is 0 Å². The molecule has 0 radical (unpaired) electrons. The largest absolute Gasteiger partial charge is 0.308 e. The summed E-state index contributed by atoms with van der Waals surface area (Å²) in [6, 6.07) is 3.75. The van der Waals surface area contributed by atoms with Crippen LogP contribution < -0.4 is 11.3 Å². The minimum Gasteiger partial charge on any atom is -0.308 e. The molecule has 5 nitrogen and oxygen atoms in total. The van der Waals surface area contributed by atoms with E-state index in [1.807, 2.05) is 19.1 Å². The number of hydrogen-bond acceptors (Lipinski definition) is 5. The lowest BCUT2D eigenvalue weighted by atomic mass is 10.1. The van der Waals surface area contributed by atoms with E-state index in [4.69, 9.17) is 5.84 Å². The highest BCUT2D eigenvalue weighted by atomic mass is 15.3. The van der Waals surface area contributed by atoms with Crippen molar-refractivity contribution in [1.29, 1.82) is 0 Å². The molecular weight excluding hydrogens is 214 g/mol. The summed E-state index contributed by atoms with van der Waals surface area (Å²) in [5, 5.41) is 0. The Kier molecular flexibility index (Phi) is 3.30. The van der Waals surface area contributed by atoms with E-state index in [1.54, 1.807) is 12.4 Å². The third-order valence-electron chi connectivity index (χ3n) is 2.64. The topological polar surface area (TPSA) is 76.7 Å². The Labute approximate surface area is 100 Å². The van der Waals surface area contributed by atoms with E-state index in [-0.39, 0.29) is 0 Å². The lowest BCUT2D eigenvalue weighted by Crippen LogP contribution is -2.13. The zero-order valence-electron chi connectivity index (χ0n) is 9.94. The van der Waals surface area contributed by atoms with Gasteiger partial charge in [-0.3, -0.25) is 4.98 Å². The number of nitrogens with one attached hydrogen (secondary N) is 1. The normalized spacial score (nSPS) is 10.3. The number of nitrogens with two attached hydrogens (primary N) is 1. The maximum absolute atomic E-state index is 5.49. The maximum atomic E-state index is 5.49. The number of aryl methyl sites for hydroxylation is 1. The molecule has 2 heterocycles. The second kappa shape index (κ2) is 4.88. The molecule has 0 atom stereocenters. The first-order valence-electron chi connectivity index (χ1n) is 5.50. The molecular formula is C12H15N5. The molecule has 0 spiro atoms. The minimum absolute atomic E-state index is 0.662. The molecule has 0 bridgehead atoms. The van der Waals surface area contributed by atoms with Gasteiger partial charge in [-0.25, -0.2) is 15.8 Å². The SMILES string of the molecule is CCc1c(C)nc(-c2ccncc2)nc1NN. The molecule has 17 heavy (non-hydrogen) atoms. The van der Waals surface area contributed by atoms with Crippen LogP contribution in [0, 0.1) is 6.92 Å². The van der Waals surface area contributed by atoms with Gasteiger partial charge in [-0.05, 0) is 25.5 Å². The monoisotopic (exact) mass is 229 g/mol. The second-order valence-electron chi connectivity index (χ2n) is 3.69. The highest BCUT2D eigenvalue weighted by molar-refractivity contribution is 5.58. The highest BCUT2D eigenvalue weighted by Gasteiger charge is 2.10. The quantitative estimate of drug-likeness (QED) is 0.618. The molecule has 0 aliphatic heterocycles. The van der Waals surface area contributed by atoms with E-state index in [9.17, 15) is 0 Å². The first kappa shape index (κ1) is 11.5. The van der Waals surface area contributed by atoms with Gasteiger partial charge in [-0.15, -0.1) is 0 Å². The Bertz CT molecular complexity index is 510. The summed E-state index contributed by atoms with van der Waals surface area (Å²) in [4.78, 5) is 12.9. The Morgan fingerprint density at radius 3 is 2.53 bits per heavy atom. The van der Waals surface area contributed by atoms with E-state index in [0.29, 0.717) is 11.6 Å².